The topological polar surface area (TPSA) is 87.5 Å². The molecule has 3 rings (SSSR count). The molecule has 6 nitrogen and oxygen atoms in total. The second kappa shape index (κ2) is 6.02. The van der Waals surface area contributed by atoms with Crippen molar-refractivity contribution in [2.45, 2.75) is 0 Å². The molecule has 3 aromatic rings. The summed E-state index contributed by atoms with van der Waals surface area (Å²) in [4.78, 5) is 26.9. The zero-order valence-corrected chi connectivity index (χ0v) is 13.8. The molecule has 0 unspecified atom stereocenters. The fraction of sp³-hybridized carbons (Fsp3) is 0. The molecule has 1 aromatic heterocycles. The lowest BCUT2D eigenvalue weighted by Gasteiger charge is -2.03. The molecule has 0 spiro atoms. The van der Waals surface area contributed by atoms with Gasteiger partial charge >= 0.3 is 5.69 Å². The minimum Gasteiger partial charge on any atom is -0.505 e. The van der Waals surface area contributed by atoms with Crippen molar-refractivity contribution in [2.24, 2.45) is 5.10 Å². The number of nitrogens with one attached hydrogen (secondary N) is 1. The molecular formula is C15H9BrClN3O3. The van der Waals surface area contributed by atoms with E-state index in [1.807, 2.05) is 0 Å². The van der Waals surface area contributed by atoms with Gasteiger partial charge in [-0.1, -0.05) is 23.7 Å². The number of hydrogen-bond acceptors (Lipinski definition) is 4. The number of para-hydroxylation sites is 1. The highest BCUT2D eigenvalue weighted by Crippen LogP contribution is 2.32. The summed E-state index contributed by atoms with van der Waals surface area (Å²) in [7, 11) is 0. The van der Waals surface area contributed by atoms with Gasteiger partial charge in [-0.05, 0) is 45.8 Å². The molecule has 116 valence electrons. The van der Waals surface area contributed by atoms with Gasteiger partial charge in [0.2, 0.25) is 0 Å². The van der Waals surface area contributed by atoms with Crippen LogP contribution in [0.5, 0.6) is 5.75 Å². The van der Waals surface area contributed by atoms with E-state index in [4.69, 9.17) is 11.6 Å². The average molecular weight is 395 g/mol. The van der Waals surface area contributed by atoms with Gasteiger partial charge in [-0.2, -0.15) is 5.10 Å². The molecule has 2 N–H and O–H groups in total. The number of fused-ring (bicyclic) bond motifs is 1. The first-order valence-electron chi connectivity index (χ1n) is 6.44. The van der Waals surface area contributed by atoms with Crippen molar-refractivity contribution in [1.82, 2.24) is 9.66 Å². The zero-order chi connectivity index (χ0) is 16.6. The van der Waals surface area contributed by atoms with Gasteiger partial charge in [0.1, 0.15) is 5.75 Å². The lowest BCUT2D eigenvalue weighted by atomic mass is 10.2. The van der Waals surface area contributed by atoms with Crippen LogP contribution in [0.1, 0.15) is 5.56 Å². The number of aromatic amines is 1. The minimum atomic E-state index is -0.645. The molecule has 2 aromatic carbocycles. The molecular weight excluding hydrogens is 386 g/mol. The van der Waals surface area contributed by atoms with E-state index in [0.29, 0.717) is 20.9 Å². The van der Waals surface area contributed by atoms with Gasteiger partial charge in [-0.25, -0.2) is 4.79 Å². The maximum Gasteiger partial charge on any atom is 0.349 e. The Hall–Kier alpha value is -2.38. The summed E-state index contributed by atoms with van der Waals surface area (Å²) in [5.74, 6) is -0.0930. The number of hydrogen-bond donors (Lipinski definition) is 2. The maximum atomic E-state index is 12.3. The number of benzene rings is 2. The number of H-pyrrole nitrogens is 1. The summed E-state index contributed by atoms with van der Waals surface area (Å²) in [6.07, 6.45) is 1.31. The van der Waals surface area contributed by atoms with Gasteiger partial charge in [0.15, 0.2) is 0 Å². The quantitative estimate of drug-likeness (QED) is 0.655. The van der Waals surface area contributed by atoms with Crippen LogP contribution in [0.25, 0.3) is 10.9 Å². The van der Waals surface area contributed by atoms with Crippen molar-refractivity contribution < 1.29 is 5.11 Å². The normalized spacial score (nSPS) is 11.4. The first kappa shape index (κ1) is 15.5. The summed E-state index contributed by atoms with van der Waals surface area (Å²) >= 11 is 9.02. The van der Waals surface area contributed by atoms with E-state index >= 15 is 0 Å². The first-order chi connectivity index (χ1) is 11.0. The number of nitrogens with zero attached hydrogens (tertiary/aromatic N) is 2. The lowest BCUT2D eigenvalue weighted by Crippen LogP contribution is -2.32. The summed E-state index contributed by atoms with van der Waals surface area (Å²) < 4.78 is 1.11. The third kappa shape index (κ3) is 2.93. The molecule has 0 bridgehead atoms. The van der Waals surface area contributed by atoms with Crippen LogP contribution >= 0.6 is 27.5 Å². The van der Waals surface area contributed by atoms with Crippen molar-refractivity contribution in [2.75, 3.05) is 0 Å². The van der Waals surface area contributed by atoms with Crippen LogP contribution in [0, 0.1) is 0 Å². The Labute approximate surface area is 142 Å². The van der Waals surface area contributed by atoms with Gasteiger partial charge in [-0.15, -0.1) is 4.68 Å². The minimum absolute atomic E-state index is 0.0930. The lowest BCUT2D eigenvalue weighted by molar-refractivity contribution is 0.472. The highest BCUT2D eigenvalue weighted by atomic mass is 79.9. The van der Waals surface area contributed by atoms with Gasteiger partial charge in [-0.3, -0.25) is 4.79 Å². The molecule has 0 aliphatic rings. The number of phenols is 1. The third-order valence-electron chi connectivity index (χ3n) is 3.15. The molecule has 0 aliphatic carbocycles. The second-order valence-corrected chi connectivity index (χ2v) is 5.93. The van der Waals surface area contributed by atoms with Crippen LogP contribution in [-0.4, -0.2) is 21.0 Å². The predicted molar refractivity (Wildman–Crippen MR) is 92.6 cm³/mol. The summed E-state index contributed by atoms with van der Waals surface area (Å²) in [5.41, 5.74) is -0.207. The Morgan fingerprint density at radius 1 is 1.26 bits per heavy atom. The van der Waals surface area contributed by atoms with Gasteiger partial charge in [0.05, 0.1) is 26.6 Å². The van der Waals surface area contributed by atoms with E-state index in [1.54, 1.807) is 30.3 Å². The van der Waals surface area contributed by atoms with Crippen LogP contribution in [0.15, 0.2) is 55.6 Å². The molecule has 0 saturated carbocycles. The van der Waals surface area contributed by atoms with Crippen molar-refractivity contribution in [3.63, 3.8) is 0 Å². The van der Waals surface area contributed by atoms with Crippen molar-refractivity contribution in [3.05, 3.63) is 72.3 Å². The fourth-order valence-electron chi connectivity index (χ4n) is 2.04. The number of rotatable bonds is 2. The van der Waals surface area contributed by atoms with Crippen LogP contribution in [-0.2, 0) is 0 Å². The smallest absolute Gasteiger partial charge is 0.349 e. The summed E-state index contributed by atoms with van der Waals surface area (Å²) in [6, 6.07) is 9.70. The molecule has 0 radical (unpaired) electrons. The van der Waals surface area contributed by atoms with Crippen LogP contribution < -0.4 is 11.2 Å². The van der Waals surface area contributed by atoms with E-state index in [1.165, 1.54) is 12.3 Å². The van der Waals surface area contributed by atoms with Gasteiger partial charge in [0, 0.05) is 0 Å². The number of halogens is 2. The van der Waals surface area contributed by atoms with Crippen LogP contribution in [0.2, 0.25) is 5.02 Å². The number of aromatic nitrogens is 2. The van der Waals surface area contributed by atoms with Crippen LogP contribution in [0.3, 0.4) is 0 Å². The zero-order valence-electron chi connectivity index (χ0n) is 11.5. The molecule has 8 heteroatoms. The van der Waals surface area contributed by atoms with Crippen molar-refractivity contribution >= 4 is 44.6 Å². The van der Waals surface area contributed by atoms with Crippen molar-refractivity contribution in [1.29, 1.82) is 0 Å². The average Bonchev–Trinajstić information content (AvgIpc) is 2.52. The number of aromatic hydroxyl groups is 1. The maximum absolute atomic E-state index is 12.3. The highest BCUT2D eigenvalue weighted by molar-refractivity contribution is 9.10. The SMILES string of the molecule is O=c1[nH]c2ccccc2c(=O)n1N=Cc1cc(Cl)c(O)c(Br)c1. The van der Waals surface area contributed by atoms with E-state index in [2.05, 4.69) is 26.0 Å². The predicted octanol–water partition coefficient (Wildman–Crippen LogP) is 2.69. The van der Waals surface area contributed by atoms with E-state index < -0.39 is 11.2 Å². The summed E-state index contributed by atoms with van der Waals surface area (Å²) in [5, 5.41) is 14.0. The summed E-state index contributed by atoms with van der Waals surface area (Å²) in [6.45, 7) is 0. The Morgan fingerprint density at radius 2 is 2.00 bits per heavy atom. The monoisotopic (exact) mass is 393 g/mol. The molecule has 0 atom stereocenters. The van der Waals surface area contributed by atoms with Gasteiger partial charge < -0.3 is 10.1 Å². The second-order valence-electron chi connectivity index (χ2n) is 4.67. The largest absolute Gasteiger partial charge is 0.505 e. The molecule has 1 heterocycles. The van der Waals surface area contributed by atoms with Gasteiger partial charge in [0.25, 0.3) is 5.56 Å². The molecule has 0 fully saturated rings. The van der Waals surface area contributed by atoms with Crippen molar-refractivity contribution in [3.8, 4) is 5.75 Å². The molecule has 0 aliphatic heterocycles. The Kier molecular flexibility index (Phi) is 4.06. The first-order valence-corrected chi connectivity index (χ1v) is 7.61. The Morgan fingerprint density at radius 3 is 2.74 bits per heavy atom. The highest BCUT2D eigenvalue weighted by Gasteiger charge is 2.07. The van der Waals surface area contributed by atoms with E-state index in [0.717, 1.165) is 4.68 Å². The van der Waals surface area contributed by atoms with E-state index in [9.17, 15) is 14.7 Å². The standard InChI is InChI=1S/C15H9BrClN3O3/c16-10-5-8(6-11(17)13(10)21)7-18-20-14(22)9-3-1-2-4-12(9)19-15(20)23/h1-7,21H,(H,19,23). The van der Waals surface area contributed by atoms with Crippen LogP contribution in [0.4, 0.5) is 0 Å². The molecule has 0 amide bonds. The molecule has 23 heavy (non-hydrogen) atoms. The Balaban J connectivity index is 2.12. The Bertz CT molecular complexity index is 1030. The van der Waals surface area contributed by atoms with E-state index in [-0.39, 0.29) is 10.8 Å². The fourth-order valence-corrected chi connectivity index (χ4v) is 2.86. The molecule has 0 saturated heterocycles. The third-order valence-corrected chi connectivity index (χ3v) is 4.04. The number of phenolic OH excluding ortho intramolecular Hbond substituents is 1.